The van der Waals surface area contributed by atoms with E-state index in [4.69, 9.17) is 4.74 Å². The highest BCUT2D eigenvalue weighted by atomic mass is 16.5. The first-order valence-electron chi connectivity index (χ1n) is 10.7. The van der Waals surface area contributed by atoms with Crippen LogP contribution in [0.4, 0.5) is 4.79 Å². The predicted molar refractivity (Wildman–Crippen MR) is 126 cm³/mol. The number of likely N-dealkylation sites (N-methyl/N-ethyl adjacent to an activating group) is 2. The fraction of sp³-hybridized carbons (Fsp3) is 0.292. The Balaban J connectivity index is 1.55. The van der Waals surface area contributed by atoms with Gasteiger partial charge in [0.25, 0.3) is 5.91 Å². The van der Waals surface area contributed by atoms with Gasteiger partial charge in [-0.15, -0.1) is 5.10 Å². The second-order valence-electron chi connectivity index (χ2n) is 7.86. The number of amidine groups is 1. The van der Waals surface area contributed by atoms with E-state index in [2.05, 4.69) is 27.7 Å². The van der Waals surface area contributed by atoms with Gasteiger partial charge in [0.15, 0.2) is 0 Å². The third-order valence-corrected chi connectivity index (χ3v) is 5.73. The fourth-order valence-corrected chi connectivity index (χ4v) is 3.88. The number of aliphatic imine (C=N–C) groups is 1. The van der Waals surface area contributed by atoms with Crippen LogP contribution < -0.4 is 10.2 Å². The molecular formula is C24H27N6O3+. The quantitative estimate of drug-likeness (QED) is 0.399. The third kappa shape index (κ3) is 4.62. The zero-order chi connectivity index (χ0) is 23.4. The minimum Gasteiger partial charge on any atom is -0.497 e. The number of hydrogen-bond donors (Lipinski definition) is 1. The summed E-state index contributed by atoms with van der Waals surface area (Å²) in [5, 5.41) is 4.31. The van der Waals surface area contributed by atoms with Crippen molar-refractivity contribution in [2.24, 2.45) is 10.1 Å². The number of carbonyl (C=O) groups is 2. The Morgan fingerprint density at radius 3 is 2.52 bits per heavy atom. The lowest BCUT2D eigenvalue weighted by atomic mass is 10.1. The summed E-state index contributed by atoms with van der Waals surface area (Å²) in [7, 11) is 4.74. The molecule has 0 saturated carbocycles. The number of ether oxygens (including phenoxy) is 1. The number of methoxy groups -OCH3 is 1. The first-order chi connectivity index (χ1) is 16.0. The monoisotopic (exact) mass is 447 g/mol. The van der Waals surface area contributed by atoms with Gasteiger partial charge in [-0.1, -0.05) is 35.3 Å². The van der Waals surface area contributed by atoms with Gasteiger partial charge < -0.3 is 4.74 Å². The molecule has 0 bridgehead atoms. The Kier molecular flexibility index (Phi) is 6.48. The molecule has 0 aromatic heterocycles. The van der Waals surface area contributed by atoms with Crippen LogP contribution in [0.25, 0.3) is 0 Å². The number of guanidine groups is 1. The van der Waals surface area contributed by atoms with Gasteiger partial charge in [0.1, 0.15) is 5.75 Å². The highest BCUT2D eigenvalue weighted by Crippen LogP contribution is 2.19. The maximum atomic E-state index is 13.0. The average molecular weight is 448 g/mol. The number of aryl methyl sites for hydroxylation is 1. The molecule has 1 unspecified atom stereocenters. The second-order valence-corrected chi connectivity index (χ2v) is 7.86. The summed E-state index contributed by atoms with van der Waals surface area (Å²) >= 11 is 0. The lowest BCUT2D eigenvalue weighted by Crippen LogP contribution is -2.61. The van der Waals surface area contributed by atoms with Gasteiger partial charge in [-0.2, -0.15) is 5.43 Å². The zero-order valence-electron chi connectivity index (χ0n) is 18.9. The van der Waals surface area contributed by atoms with Crippen LogP contribution in [0, 0.1) is 0 Å². The second kappa shape index (κ2) is 9.64. The lowest BCUT2D eigenvalue weighted by molar-refractivity contribution is -0.537. The number of hydrogen-bond acceptors (Lipinski definition) is 6. The largest absolute Gasteiger partial charge is 0.497 e. The lowest BCUT2D eigenvalue weighted by Gasteiger charge is -2.31. The summed E-state index contributed by atoms with van der Waals surface area (Å²) in [5.41, 5.74) is 5.08. The molecular weight excluding hydrogens is 420 g/mol. The van der Waals surface area contributed by atoms with Crippen molar-refractivity contribution in [3.63, 3.8) is 0 Å². The minimum atomic E-state index is -0.660. The molecule has 0 radical (unpaired) electrons. The number of carbonyl (C=O) groups excluding carboxylic acids is 2. The van der Waals surface area contributed by atoms with Crippen LogP contribution in [0.15, 0.2) is 64.7 Å². The van der Waals surface area contributed by atoms with Gasteiger partial charge in [-0.25, -0.2) is 9.37 Å². The van der Waals surface area contributed by atoms with Crippen molar-refractivity contribution in [3.05, 3.63) is 65.7 Å². The fourth-order valence-electron chi connectivity index (χ4n) is 3.88. The van der Waals surface area contributed by atoms with E-state index in [-0.39, 0.29) is 5.91 Å². The Bertz CT molecular complexity index is 1120. The summed E-state index contributed by atoms with van der Waals surface area (Å²) in [5.74, 6) is 1.31. The maximum Gasteiger partial charge on any atom is 0.413 e. The van der Waals surface area contributed by atoms with Crippen molar-refractivity contribution in [1.29, 1.82) is 0 Å². The van der Waals surface area contributed by atoms with Gasteiger partial charge in [-0.3, -0.25) is 14.6 Å². The number of benzene rings is 2. The van der Waals surface area contributed by atoms with Gasteiger partial charge >= 0.3 is 12.0 Å². The number of rotatable bonds is 7. The van der Waals surface area contributed by atoms with E-state index < -0.39 is 12.1 Å². The third-order valence-electron chi connectivity index (χ3n) is 5.73. The van der Waals surface area contributed by atoms with E-state index in [1.807, 2.05) is 47.0 Å². The number of nitrogens with one attached hydrogen (secondary N) is 1. The number of hydrazone groups is 1. The Morgan fingerprint density at radius 2 is 1.82 bits per heavy atom. The van der Waals surface area contributed by atoms with Crippen LogP contribution in [-0.4, -0.2) is 78.1 Å². The summed E-state index contributed by atoms with van der Waals surface area (Å²) < 4.78 is 7.05. The van der Waals surface area contributed by atoms with Crippen LogP contribution in [0.1, 0.15) is 17.5 Å². The van der Waals surface area contributed by atoms with Crippen molar-refractivity contribution in [1.82, 2.24) is 15.2 Å². The molecule has 2 aliphatic rings. The summed E-state index contributed by atoms with van der Waals surface area (Å²) in [6, 6.07) is 16.6. The predicted octanol–water partition coefficient (Wildman–Crippen LogP) is 1.92. The van der Waals surface area contributed by atoms with Gasteiger partial charge in [0.2, 0.25) is 11.9 Å². The van der Waals surface area contributed by atoms with Gasteiger partial charge in [0.05, 0.1) is 19.9 Å². The van der Waals surface area contributed by atoms with Crippen LogP contribution in [-0.2, 0) is 11.2 Å². The first kappa shape index (κ1) is 22.2. The number of fused-ring (bicyclic) bond motifs is 1. The molecule has 0 spiro atoms. The zero-order valence-corrected chi connectivity index (χ0v) is 18.9. The normalized spacial score (nSPS) is 18.2. The Hall–Kier alpha value is -4.01. The number of amides is 3. The van der Waals surface area contributed by atoms with Crippen molar-refractivity contribution in [2.75, 3.05) is 27.7 Å². The smallest absolute Gasteiger partial charge is 0.413 e. The molecule has 9 heteroatoms. The van der Waals surface area contributed by atoms with Gasteiger partial charge in [0, 0.05) is 14.1 Å². The van der Waals surface area contributed by atoms with Crippen LogP contribution in [0.2, 0.25) is 0 Å². The molecule has 3 amide bonds. The highest BCUT2D eigenvalue weighted by Gasteiger charge is 2.51. The van der Waals surface area contributed by atoms with E-state index in [0.717, 1.165) is 29.1 Å². The molecule has 170 valence electrons. The molecule has 1 saturated heterocycles. The minimum absolute atomic E-state index is 0.299. The van der Waals surface area contributed by atoms with Crippen molar-refractivity contribution < 1.29 is 18.9 Å². The van der Waals surface area contributed by atoms with Crippen LogP contribution in [0.3, 0.4) is 0 Å². The standard InChI is InChI=1S/C24H26N6O3/c1-28-21-20(22(31)29(2)24(28)32)30(15-7-10-17-8-5-4-6-9-17)23(26-21)27-25-16-18-11-13-19(33-3)14-12-18/h4-6,8-9,11-14,16,20H,7,10,15H2,1-3H3/p+1/b25-16+. The van der Waals surface area contributed by atoms with Crippen molar-refractivity contribution in [3.8, 4) is 5.75 Å². The molecule has 0 aliphatic carbocycles. The summed E-state index contributed by atoms with van der Waals surface area (Å²) in [6.45, 7) is 0.578. The summed E-state index contributed by atoms with van der Waals surface area (Å²) in [4.78, 5) is 32.5. The summed E-state index contributed by atoms with van der Waals surface area (Å²) in [6.07, 6.45) is 3.34. The van der Waals surface area contributed by atoms with E-state index in [1.54, 1.807) is 20.4 Å². The van der Waals surface area contributed by atoms with Crippen LogP contribution >= 0.6 is 0 Å². The van der Waals surface area contributed by atoms with E-state index in [0.29, 0.717) is 18.3 Å². The highest BCUT2D eigenvalue weighted by molar-refractivity contribution is 6.22. The van der Waals surface area contributed by atoms with Crippen molar-refractivity contribution in [2.45, 2.75) is 18.9 Å². The number of urea groups is 1. The van der Waals surface area contributed by atoms with Gasteiger partial charge in [-0.05, 0) is 48.2 Å². The average Bonchev–Trinajstić information content (AvgIpc) is 3.21. The Labute approximate surface area is 192 Å². The molecule has 1 atom stereocenters. The molecule has 2 aliphatic heterocycles. The molecule has 2 heterocycles. The number of imide groups is 1. The molecule has 33 heavy (non-hydrogen) atoms. The van der Waals surface area contributed by atoms with E-state index in [9.17, 15) is 9.59 Å². The van der Waals surface area contributed by atoms with Crippen molar-refractivity contribution >= 4 is 29.9 Å². The van der Waals surface area contributed by atoms with Crippen LogP contribution in [0.5, 0.6) is 5.75 Å². The SMILES string of the molecule is COc1ccc(/C=N/NC2=[N+](CCCc3ccccc3)C3C(=O)N(C)C(=O)N(C)C3=N2)cc1. The number of nitrogens with zero attached hydrogens (tertiary/aromatic N) is 5. The molecule has 9 nitrogen and oxygen atoms in total. The molecule has 1 N–H and O–H groups in total. The first-order valence-corrected chi connectivity index (χ1v) is 10.7. The molecule has 2 aromatic carbocycles. The Morgan fingerprint density at radius 1 is 1.09 bits per heavy atom. The maximum absolute atomic E-state index is 13.0. The van der Waals surface area contributed by atoms with E-state index >= 15 is 0 Å². The molecule has 4 rings (SSSR count). The topological polar surface area (TPSA) is 89.6 Å². The van der Waals surface area contributed by atoms with E-state index in [1.165, 1.54) is 17.5 Å². The molecule has 1 fully saturated rings. The molecule has 2 aromatic rings.